The second kappa shape index (κ2) is 5.45. The first-order valence-electron chi connectivity index (χ1n) is 5.10. The van der Waals surface area contributed by atoms with E-state index < -0.39 is 10.0 Å². The predicted molar refractivity (Wildman–Crippen MR) is 71.1 cm³/mol. The summed E-state index contributed by atoms with van der Waals surface area (Å²) in [4.78, 5) is 4.18. The summed E-state index contributed by atoms with van der Waals surface area (Å²) in [7, 11) is -3.51. The number of hydrogen-bond acceptors (Lipinski definition) is 6. The number of nitrogens with one attached hydrogen (secondary N) is 1. The van der Waals surface area contributed by atoms with Gasteiger partial charge in [0.25, 0.3) is 0 Å². The van der Waals surface area contributed by atoms with Gasteiger partial charge >= 0.3 is 0 Å². The van der Waals surface area contributed by atoms with E-state index in [4.69, 9.17) is 5.11 Å². The van der Waals surface area contributed by atoms with Crippen LogP contribution in [0.25, 0.3) is 0 Å². The Morgan fingerprint density at radius 2 is 2.17 bits per heavy atom. The summed E-state index contributed by atoms with van der Waals surface area (Å²) in [6.45, 7) is 1.90. The van der Waals surface area contributed by atoms with Gasteiger partial charge in [-0.05, 0) is 23.9 Å². The minimum Gasteiger partial charge on any atom is -0.392 e. The zero-order valence-electron chi connectivity index (χ0n) is 9.58. The fraction of sp³-hybridized carbons (Fsp3) is 0.300. The smallest absolute Gasteiger partial charge is 0.250 e. The van der Waals surface area contributed by atoms with E-state index in [0.29, 0.717) is 5.56 Å². The van der Waals surface area contributed by atoms with Gasteiger partial charge in [-0.2, -0.15) is 0 Å². The topological polar surface area (TPSA) is 79.3 Å². The van der Waals surface area contributed by atoms with Crippen LogP contribution in [0.3, 0.4) is 0 Å². The van der Waals surface area contributed by atoms with E-state index in [1.807, 2.05) is 12.3 Å². The molecule has 0 bridgehead atoms. The Hall–Kier alpha value is -0.800. The van der Waals surface area contributed by atoms with Crippen molar-refractivity contribution in [2.24, 2.45) is 0 Å². The van der Waals surface area contributed by atoms with Crippen LogP contribution in [-0.4, -0.2) is 18.5 Å². The molecule has 98 valence electrons. The largest absolute Gasteiger partial charge is 0.392 e. The molecule has 0 aromatic carbocycles. The fourth-order valence-electron chi connectivity index (χ4n) is 1.29. The van der Waals surface area contributed by atoms with E-state index >= 15 is 0 Å². The SMILES string of the molecule is Cc1csc(CNS(=O)(=O)c2cc(CO)cs2)n1. The molecule has 0 saturated heterocycles. The van der Waals surface area contributed by atoms with Crippen molar-refractivity contribution in [2.75, 3.05) is 0 Å². The third kappa shape index (κ3) is 3.15. The average Bonchev–Trinajstić information content (AvgIpc) is 2.95. The molecule has 0 amide bonds. The van der Waals surface area contributed by atoms with Crippen LogP contribution >= 0.6 is 22.7 Å². The summed E-state index contributed by atoms with van der Waals surface area (Å²) in [6, 6.07) is 1.47. The lowest BCUT2D eigenvalue weighted by molar-refractivity contribution is 0.282. The van der Waals surface area contributed by atoms with E-state index in [0.717, 1.165) is 22.0 Å². The summed E-state index contributed by atoms with van der Waals surface area (Å²) in [5.41, 5.74) is 1.48. The van der Waals surface area contributed by atoms with Crippen LogP contribution in [0.5, 0.6) is 0 Å². The number of aliphatic hydroxyl groups excluding tert-OH is 1. The maximum absolute atomic E-state index is 11.9. The Labute approximate surface area is 113 Å². The molecule has 18 heavy (non-hydrogen) atoms. The second-order valence-corrected chi connectivity index (χ2v) is 7.49. The molecule has 0 spiro atoms. The lowest BCUT2D eigenvalue weighted by Gasteiger charge is -2.01. The van der Waals surface area contributed by atoms with Gasteiger partial charge in [-0.1, -0.05) is 0 Å². The van der Waals surface area contributed by atoms with Crippen molar-refractivity contribution in [1.82, 2.24) is 9.71 Å². The number of aliphatic hydroxyl groups is 1. The Morgan fingerprint density at radius 1 is 1.39 bits per heavy atom. The van der Waals surface area contributed by atoms with Gasteiger partial charge in [0.2, 0.25) is 10.0 Å². The molecular formula is C10H12N2O3S3. The number of thiophene rings is 1. The highest BCUT2D eigenvalue weighted by molar-refractivity contribution is 7.91. The van der Waals surface area contributed by atoms with Gasteiger partial charge in [-0.3, -0.25) is 0 Å². The van der Waals surface area contributed by atoms with Gasteiger partial charge in [0.15, 0.2) is 0 Å². The van der Waals surface area contributed by atoms with Crippen LogP contribution in [-0.2, 0) is 23.2 Å². The first kappa shape index (κ1) is 13.6. The Kier molecular flexibility index (Phi) is 4.13. The van der Waals surface area contributed by atoms with Crippen molar-refractivity contribution in [1.29, 1.82) is 0 Å². The molecule has 0 aliphatic heterocycles. The van der Waals surface area contributed by atoms with Gasteiger partial charge in [-0.15, -0.1) is 22.7 Å². The number of aromatic nitrogens is 1. The van der Waals surface area contributed by atoms with Gasteiger partial charge in [-0.25, -0.2) is 18.1 Å². The minimum absolute atomic E-state index is 0.155. The third-order valence-electron chi connectivity index (χ3n) is 2.16. The molecule has 0 atom stereocenters. The molecular weight excluding hydrogens is 292 g/mol. The van der Waals surface area contributed by atoms with E-state index in [9.17, 15) is 8.42 Å². The molecule has 2 aromatic rings. The summed E-state index contributed by atoms with van der Waals surface area (Å²) in [5.74, 6) is 0. The fourth-order valence-corrected chi connectivity index (χ4v) is 4.32. The van der Waals surface area contributed by atoms with E-state index in [1.54, 1.807) is 5.38 Å². The molecule has 2 heterocycles. The highest BCUT2D eigenvalue weighted by Crippen LogP contribution is 2.20. The quantitative estimate of drug-likeness (QED) is 0.877. The van der Waals surface area contributed by atoms with Crippen LogP contribution in [0.1, 0.15) is 16.3 Å². The lowest BCUT2D eigenvalue weighted by Crippen LogP contribution is -2.22. The number of thiazole rings is 1. The van der Waals surface area contributed by atoms with Gasteiger partial charge in [0.05, 0.1) is 13.2 Å². The molecule has 0 fully saturated rings. The van der Waals surface area contributed by atoms with Crippen molar-refractivity contribution >= 4 is 32.7 Å². The molecule has 2 N–H and O–H groups in total. The maximum atomic E-state index is 11.9. The molecule has 2 aromatic heterocycles. The number of rotatable bonds is 5. The Bertz CT molecular complexity index is 630. The predicted octanol–water partition coefficient (Wildman–Crippen LogP) is 1.48. The molecule has 2 rings (SSSR count). The summed E-state index contributed by atoms with van der Waals surface area (Å²) in [5, 5.41) is 13.1. The minimum atomic E-state index is -3.51. The van der Waals surface area contributed by atoms with Gasteiger partial charge in [0.1, 0.15) is 9.22 Å². The lowest BCUT2D eigenvalue weighted by atomic mass is 10.4. The number of hydrogen-bond donors (Lipinski definition) is 2. The maximum Gasteiger partial charge on any atom is 0.250 e. The van der Waals surface area contributed by atoms with Crippen molar-refractivity contribution in [3.05, 3.63) is 33.1 Å². The summed E-state index contributed by atoms with van der Waals surface area (Å²) >= 11 is 2.51. The first-order valence-corrected chi connectivity index (χ1v) is 8.34. The standard InChI is InChI=1S/C10H12N2O3S3/c1-7-5-16-9(12-7)3-11-18(14,15)10-2-8(4-13)6-17-10/h2,5-6,11,13H,3-4H2,1H3. The van der Waals surface area contributed by atoms with Crippen molar-refractivity contribution in [3.63, 3.8) is 0 Å². The van der Waals surface area contributed by atoms with E-state index in [-0.39, 0.29) is 17.4 Å². The van der Waals surface area contributed by atoms with Crippen molar-refractivity contribution in [2.45, 2.75) is 24.3 Å². The molecule has 0 radical (unpaired) electrons. The van der Waals surface area contributed by atoms with Gasteiger partial charge < -0.3 is 5.11 Å². The number of sulfonamides is 1. The third-order valence-corrected chi connectivity index (χ3v) is 6.01. The zero-order chi connectivity index (χ0) is 13.2. The molecule has 0 aliphatic carbocycles. The molecule has 0 saturated carbocycles. The average molecular weight is 304 g/mol. The Morgan fingerprint density at radius 3 is 2.72 bits per heavy atom. The van der Waals surface area contributed by atoms with Crippen LogP contribution in [0.4, 0.5) is 0 Å². The molecule has 8 heteroatoms. The van der Waals surface area contributed by atoms with Crippen molar-refractivity contribution in [3.8, 4) is 0 Å². The van der Waals surface area contributed by atoms with Crippen LogP contribution < -0.4 is 4.72 Å². The first-order chi connectivity index (χ1) is 8.51. The highest BCUT2D eigenvalue weighted by atomic mass is 32.2. The summed E-state index contributed by atoms with van der Waals surface area (Å²) in [6.07, 6.45) is 0. The van der Waals surface area contributed by atoms with E-state index in [1.165, 1.54) is 17.4 Å². The summed E-state index contributed by atoms with van der Waals surface area (Å²) < 4.78 is 26.6. The monoisotopic (exact) mass is 304 g/mol. The number of aryl methyl sites for hydroxylation is 1. The van der Waals surface area contributed by atoms with Crippen LogP contribution in [0, 0.1) is 6.92 Å². The van der Waals surface area contributed by atoms with E-state index in [2.05, 4.69) is 9.71 Å². The number of nitrogens with zero attached hydrogens (tertiary/aromatic N) is 1. The zero-order valence-corrected chi connectivity index (χ0v) is 12.0. The molecule has 0 unspecified atom stereocenters. The molecule has 0 aliphatic rings. The van der Waals surface area contributed by atoms with Crippen LogP contribution in [0.2, 0.25) is 0 Å². The Balaban J connectivity index is 2.07. The van der Waals surface area contributed by atoms with Gasteiger partial charge in [0, 0.05) is 11.1 Å². The normalized spacial score (nSPS) is 11.9. The van der Waals surface area contributed by atoms with Crippen molar-refractivity contribution < 1.29 is 13.5 Å². The highest BCUT2D eigenvalue weighted by Gasteiger charge is 2.16. The van der Waals surface area contributed by atoms with Crippen LogP contribution in [0.15, 0.2) is 21.0 Å². The second-order valence-electron chi connectivity index (χ2n) is 3.64. The molecule has 5 nitrogen and oxygen atoms in total.